The van der Waals surface area contributed by atoms with Crippen LogP contribution >= 0.6 is 23.5 Å². The summed E-state index contributed by atoms with van der Waals surface area (Å²) >= 11 is 2.78. The fraction of sp³-hybridized carbons (Fsp3) is 0.286. The molecule has 0 unspecified atom stereocenters. The monoisotopic (exact) mass is 308 g/mol. The van der Waals surface area contributed by atoms with Gasteiger partial charge in [0.05, 0.1) is 10.8 Å². The SMILES string of the molecule is CCOc1ccc(NC(=O)C(C#N)=C(SC)SC)cc1. The third-order valence-corrected chi connectivity index (χ3v) is 4.49. The summed E-state index contributed by atoms with van der Waals surface area (Å²) in [6.07, 6.45) is 3.68. The highest BCUT2D eigenvalue weighted by Gasteiger charge is 2.14. The van der Waals surface area contributed by atoms with Gasteiger partial charge in [-0.25, -0.2) is 0 Å². The van der Waals surface area contributed by atoms with Crippen LogP contribution in [0.15, 0.2) is 34.1 Å². The maximum Gasteiger partial charge on any atom is 0.268 e. The number of rotatable bonds is 6. The number of nitrogens with zero attached hydrogens (tertiary/aromatic N) is 1. The smallest absolute Gasteiger partial charge is 0.268 e. The van der Waals surface area contributed by atoms with Gasteiger partial charge in [-0.2, -0.15) is 5.26 Å². The normalized spacial score (nSPS) is 9.50. The molecular formula is C14H16N2O2S2. The Morgan fingerprint density at radius 2 is 1.90 bits per heavy atom. The van der Waals surface area contributed by atoms with Gasteiger partial charge < -0.3 is 10.1 Å². The molecule has 1 N–H and O–H groups in total. The molecule has 0 aliphatic carbocycles. The van der Waals surface area contributed by atoms with E-state index < -0.39 is 5.91 Å². The maximum atomic E-state index is 12.1. The fourth-order valence-corrected chi connectivity index (χ4v) is 2.82. The number of hydrogen-bond donors (Lipinski definition) is 1. The molecule has 0 spiro atoms. The molecule has 0 heterocycles. The second kappa shape index (κ2) is 8.56. The average Bonchev–Trinajstić information content (AvgIpc) is 2.46. The number of nitrogens with one attached hydrogen (secondary N) is 1. The van der Waals surface area contributed by atoms with E-state index in [0.717, 1.165) is 5.75 Å². The van der Waals surface area contributed by atoms with Crippen LogP contribution in [0.3, 0.4) is 0 Å². The predicted octanol–water partition coefficient (Wildman–Crippen LogP) is 3.48. The Labute approximate surface area is 127 Å². The Balaban J connectivity index is 2.84. The van der Waals surface area contributed by atoms with Gasteiger partial charge in [-0.3, -0.25) is 4.79 Å². The van der Waals surface area contributed by atoms with Crippen LogP contribution in [0, 0.1) is 11.3 Å². The fourth-order valence-electron chi connectivity index (χ4n) is 1.47. The molecule has 1 rings (SSSR count). The minimum Gasteiger partial charge on any atom is -0.494 e. The van der Waals surface area contributed by atoms with Gasteiger partial charge in [0, 0.05) is 5.69 Å². The lowest BCUT2D eigenvalue weighted by Crippen LogP contribution is -2.14. The number of nitriles is 1. The first-order valence-electron chi connectivity index (χ1n) is 5.92. The van der Waals surface area contributed by atoms with Crippen molar-refractivity contribution in [3.63, 3.8) is 0 Å². The second-order valence-corrected chi connectivity index (χ2v) is 5.49. The van der Waals surface area contributed by atoms with Gasteiger partial charge in [-0.05, 0) is 43.7 Å². The number of thioether (sulfide) groups is 2. The molecule has 0 aliphatic rings. The summed E-state index contributed by atoms with van der Waals surface area (Å²) in [5.74, 6) is 0.353. The standard InChI is InChI=1S/C14H16N2O2S2/c1-4-18-11-7-5-10(6-8-11)16-13(17)12(9-15)14(19-2)20-3/h5-8H,4H2,1-3H3,(H,16,17). The molecule has 4 nitrogen and oxygen atoms in total. The third kappa shape index (κ3) is 4.51. The molecule has 0 aliphatic heterocycles. The van der Waals surface area contributed by atoms with Crippen LogP contribution in [0.5, 0.6) is 5.75 Å². The van der Waals surface area contributed by atoms with Gasteiger partial charge in [0.1, 0.15) is 17.4 Å². The van der Waals surface area contributed by atoms with Crippen molar-refractivity contribution in [2.24, 2.45) is 0 Å². The van der Waals surface area contributed by atoms with E-state index >= 15 is 0 Å². The highest BCUT2D eigenvalue weighted by Crippen LogP contribution is 2.28. The van der Waals surface area contributed by atoms with Crippen molar-refractivity contribution >= 4 is 35.1 Å². The van der Waals surface area contributed by atoms with E-state index in [9.17, 15) is 4.79 Å². The van der Waals surface area contributed by atoms with Crippen molar-refractivity contribution < 1.29 is 9.53 Å². The van der Waals surface area contributed by atoms with Crippen LogP contribution in [-0.4, -0.2) is 25.0 Å². The van der Waals surface area contributed by atoms with E-state index in [1.807, 2.05) is 25.5 Å². The lowest BCUT2D eigenvalue weighted by atomic mass is 10.2. The van der Waals surface area contributed by atoms with E-state index in [0.29, 0.717) is 16.5 Å². The number of carbonyl (C=O) groups is 1. The summed E-state index contributed by atoms with van der Waals surface area (Å²) < 4.78 is 6.03. The quantitative estimate of drug-likeness (QED) is 0.644. The highest BCUT2D eigenvalue weighted by molar-refractivity contribution is 8.21. The number of anilines is 1. The van der Waals surface area contributed by atoms with Gasteiger partial charge in [0.25, 0.3) is 5.91 Å². The van der Waals surface area contributed by atoms with Crippen LogP contribution in [0.2, 0.25) is 0 Å². The summed E-state index contributed by atoms with van der Waals surface area (Å²) in [6, 6.07) is 9.00. The zero-order valence-electron chi connectivity index (χ0n) is 11.6. The van der Waals surface area contributed by atoms with Crippen molar-refractivity contribution in [2.45, 2.75) is 6.92 Å². The van der Waals surface area contributed by atoms with Gasteiger partial charge in [-0.1, -0.05) is 0 Å². The van der Waals surface area contributed by atoms with Crippen LogP contribution in [0.4, 0.5) is 5.69 Å². The third-order valence-electron chi connectivity index (χ3n) is 2.34. The van der Waals surface area contributed by atoms with Gasteiger partial charge in [0.2, 0.25) is 0 Å². The van der Waals surface area contributed by atoms with Crippen molar-refractivity contribution in [2.75, 3.05) is 24.4 Å². The Kier molecular flexibility index (Phi) is 7.05. The molecule has 0 atom stereocenters. The first-order chi connectivity index (χ1) is 9.65. The molecule has 0 aromatic heterocycles. The van der Waals surface area contributed by atoms with E-state index in [-0.39, 0.29) is 5.57 Å². The molecule has 1 aromatic rings. The van der Waals surface area contributed by atoms with E-state index in [1.54, 1.807) is 24.3 Å². The average molecular weight is 308 g/mol. The van der Waals surface area contributed by atoms with E-state index in [4.69, 9.17) is 10.00 Å². The topological polar surface area (TPSA) is 62.1 Å². The predicted molar refractivity (Wildman–Crippen MR) is 85.9 cm³/mol. The Morgan fingerprint density at radius 1 is 1.30 bits per heavy atom. The second-order valence-electron chi connectivity index (χ2n) is 3.59. The highest BCUT2D eigenvalue weighted by atomic mass is 32.2. The summed E-state index contributed by atoms with van der Waals surface area (Å²) in [5.41, 5.74) is 0.770. The minimum atomic E-state index is -0.393. The van der Waals surface area contributed by atoms with Crippen molar-refractivity contribution in [1.82, 2.24) is 0 Å². The summed E-state index contributed by atoms with van der Waals surface area (Å²) in [4.78, 5) is 12.1. The number of carbonyl (C=O) groups excluding carboxylic acids is 1. The minimum absolute atomic E-state index is 0.138. The Morgan fingerprint density at radius 3 is 2.35 bits per heavy atom. The van der Waals surface area contributed by atoms with Crippen molar-refractivity contribution in [1.29, 1.82) is 5.26 Å². The van der Waals surface area contributed by atoms with Crippen LogP contribution in [0.1, 0.15) is 6.92 Å². The lowest BCUT2D eigenvalue weighted by Gasteiger charge is -2.08. The number of benzene rings is 1. The largest absolute Gasteiger partial charge is 0.494 e. The molecule has 0 saturated heterocycles. The first kappa shape index (κ1) is 16.5. The zero-order chi connectivity index (χ0) is 15.0. The Bertz CT molecular complexity index is 527. The summed E-state index contributed by atoms with van der Waals surface area (Å²) in [5, 5.41) is 11.8. The molecular weight excluding hydrogens is 292 g/mol. The molecule has 0 radical (unpaired) electrons. The van der Waals surface area contributed by atoms with Crippen LogP contribution in [-0.2, 0) is 4.79 Å². The van der Waals surface area contributed by atoms with Gasteiger partial charge in [-0.15, -0.1) is 23.5 Å². The summed E-state index contributed by atoms with van der Waals surface area (Å²) in [6.45, 7) is 2.50. The zero-order valence-corrected chi connectivity index (χ0v) is 13.2. The van der Waals surface area contributed by atoms with Crippen molar-refractivity contribution in [3.05, 3.63) is 34.1 Å². The molecule has 1 amide bonds. The molecule has 106 valence electrons. The lowest BCUT2D eigenvalue weighted by molar-refractivity contribution is -0.112. The number of amides is 1. The number of hydrogen-bond acceptors (Lipinski definition) is 5. The van der Waals surface area contributed by atoms with Crippen LogP contribution in [0.25, 0.3) is 0 Å². The maximum absolute atomic E-state index is 12.1. The van der Waals surface area contributed by atoms with E-state index in [2.05, 4.69) is 5.32 Å². The molecule has 20 heavy (non-hydrogen) atoms. The molecule has 0 saturated carbocycles. The Hall–Kier alpha value is -1.58. The summed E-state index contributed by atoms with van der Waals surface area (Å²) in [7, 11) is 0. The molecule has 0 fully saturated rings. The van der Waals surface area contributed by atoms with E-state index in [1.165, 1.54) is 23.5 Å². The first-order valence-corrected chi connectivity index (χ1v) is 8.37. The van der Waals surface area contributed by atoms with Crippen LogP contribution < -0.4 is 10.1 Å². The molecule has 6 heteroatoms. The number of ether oxygens (including phenoxy) is 1. The van der Waals surface area contributed by atoms with Gasteiger partial charge in [0.15, 0.2) is 0 Å². The molecule has 0 bridgehead atoms. The van der Waals surface area contributed by atoms with Gasteiger partial charge >= 0.3 is 0 Å². The molecule has 1 aromatic carbocycles. The van der Waals surface area contributed by atoms with Crippen molar-refractivity contribution in [3.8, 4) is 11.8 Å².